The monoisotopic (exact) mass is 340 g/mol. The summed E-state index contributed by atoms with van der Waals surface area (Å²) < 4.78 is 15.0. The highest BCUT2D eigenvalue weighted by molar-refractivity contribution is 5.34. The van der Waals surface area contributed by atoms with Crippen LogP contribution in [0.1, 0.15) is 28.9 Å². The van der Waals surface area contributed by atoms with Crippen LogP contribution in [0.25, 0.3) is 0 Å². The molecular formula is C20H25FN4. The average Bonchev–Trinajstić information content (AvgIpc) is 2.77. The zero-order valence-corrected chi connectivity index (χ0v) is 15.0. The van der Waals surface area contributed by atoms with E-state index in [-0.39, 0.29) is 5.82 Å². The van der Waals surface area contributed by atoms with E-state index in [0.717, 1.165) is 56.9 Å². The summed E-state index contributed by atoms with van der Waals surface area (Å²) in [6.07, 6.45) is 1.12. The minimum Gasteiger partial charge on any atom is -0.340 e. The molecule has 1 aromatic carbocycles. The molecule has 0 N–H and O–H groups in total. The summed E-state index contributed by atoms with van der Waals surface area (Å²) in [4.78, 5) is 4.90. The Bertz CT molecular complexity index is 757. The molecule has 0 aliphatic carbocycles. The third kappa shape index (κ3) is 4.28. The van der Waals surface area contributed by atoms with Crippen LogP contribution in [0.4, 0.5) is 4.39 Å². The lowest BCUT2D eigenvalue weighted by Crippen LogP contribution is -2.30. The third-order valence-corrected chi connectivity index (χ3v) is 5.15. The van der Waals surface area contributed by atoms with Gasteiger partial charge in [0.25, 0.3) is 0 Å². The second kappa shape index (κ2) is 7.81. The lowest BCUT2D eigenvalue weighted by Gasteiger charge is -2.22. The number of hydrogen-bond acceptors (Lipinski definition) is 3. The summed E-state index contributed by atoms with van der Waals surface area (Å²) in [5.41, 5.74) is 4.29. The van der Waals surface area contributed by atoms with E-state index >= 15 is 0 Å². The van der Waals surface area contributed by atoms with Crippen LogP contribution < -0.4 is 0 Å². The molecule has 0 atom stereocenters. The molecule has 0 saturated carbocycles. The van der Waals surface area contributed by atoms with Gasteiger partial charge in [-0.15, -0.1) is 0 Å². The highest BCUT2D eigenvalue weighted by Gasteiger charge is 2.17. The zero-order valence-electron chi connectivity index (χ0n) is 15.0. The average molecular weight is 340 g/mol. The fourth-order valence-corrected chi connectivity index (χ4v) is 3.46. The van der Waals surface area contributed by atoms with E-state index in [2.05, 4.69) is 22.8 Å². The molecule has 1 aliphatic rings. The molecular weight excluding hydrogens is 315 g/mol. The van der Waals surface area contributed by atoms with Crippen molar-refractivity contribution in [3.05, 3.63) is 58.7 Å². The molecule has 1 fully saturated rings. The lowest BCUT2D eigenvalue weighted by atomic mass is 10.2. The second-order valence-electron chi connectivity index (χ2n) is 6.84. The third-order valence-electron chi connectivity index (χ3n) is 5.15. The zero-order chi connectivity index (χ0) is 17.8. The smallest absolute Gasteiger partial charge is 0.123 e. The van der Waals surface area contributed by atoms with E-state index in [1.165, 1.54) is 23.4 Å². The molecule has 25 heavy (non-hydrogen) atoms. The van der Waals surface area contributed by atoms with Crippen molar-refractivity contribution in [3.63, 3.8) is 0 Å². The summed E-state index contributed by atoms with van der Waals surface area (Å²) in [7, 11) is 1.95. The highest BCUT2D eigenvalue weighted by Crippen LogP contribution is 2.17. The predicted molar refractivity (Wildman–Crippen MR) is 96.4 cm³/mol. The van der Waals surface area contributed by atoms with Crippen LogP contribution in [-0.4, -0.2) is 40.5 Å². The fourth-order valence-electron chi connectivity index (χ4n) is 3.46. The van der Waals surface area contributed by atoms with Crippen molar-refractivity contribution < 1.29 is 4.39 Å². The van der Waals surface area contributed by atoms with Gasteiger partial charge in [0.1, 0.15) is 17.6 Å². The van der Waals surface area contributed by atoms with Crippen molar-refractivity contribution in [1.29, 1.82) is 5.26 Å². The van der Waals surface area contributed by atoms with E-state index in [1.54, 1.807) is 0 Å². The predicted octanol–water partition coefficient (Wildman–Crippen LogP) is 3.05. The number of benzene rings is 1. The summed E-state index contributed by atoms with van der Waals surface area (Å²) in [6, 6.07) is 11.1. The van der Waals surface area contributed by atoms with Gasteiger partial charge < -0.3 is 4.57 Å². The van der Waals surface area contributed by atoms with Gasteiger partial charge in [0, 0.05) is 38.9 Å². The van der Waals surface area contributed by atoms with E-state index in [4.69, 9.17) is 0 Å². The molecule has 0 spiro atoms. The molecule has 1 saturated heterocycles. The van der Waals surface area contributed by atoms with Crippen LogP contribution in [0.5, 0.6) is 0 Å². The van der Waals surface area contributed by atoms with Crippen molar-refractivity contribution in [2.75, 3.05) is 26.2 Å². The number of halogens is 1. The number of rotatable bonds is 4. The quantitative estimate of drug-likeness (QED) is 0.858. The molecule has 5 heteroatoms. The van der Waals surface area contributed by atoms with E-state index in [9.17, 15) is 9.65 Å². The van der Waals surface area contributed by atoms with Gasteiger partial charge in [0.05, 0.1) is 0 Å². The van der Waals surface area contributed by atoms with Crippen LogP contribution in [0.15, 0.2) is 30.3 Å². The normalized spacial score (nSPS) is 16.6. The Balaban J connectivity index is 1.58. The summed E-state index contributed by atoms with van der Waals surface area (Å²) in [6.45, 7) is 7.99. The molecule has 0 amide bonds. The van der Waals surface area contributed by atoms with E-state index in [0.29, 0.717) is 0 Å². The van der Waals surface area contributed by atoms with Gasteiger partial charge in [-0.05, 0) is 55.8 Å². The molecule has 2 heterocycles. The number of nitrogens with zero attached hydrogens (tertiary/aromatic N) is 4. The SMILES string of the molecule is Cc1c(CN2CCCN(Cc3ccc(F)cc3)CC2)cc(C#N)n1C. The first-order chi connectivity index (χ1) is 12.1. The van der Waals surface area contributed by atoms with Gasteiger partial charge in [-0.25, -0.2) is 4.39 Å². The van der Waals surface area contributed by atoms with Gasteiger partial charge in [-0.3, -0.25) is 9.80 Å². The maximum Gasteiger partial charge on any atom is 0.123 e. The maximum absolute atomic E-state index is 13.0. The molecule has 0 unspecified atom stereocenters. The van der Waals surface area contributed by atoms with Crippen molar-refractivity contribution in [2.45, 2.75) is 26.4 Å². The minimum atomic E-state index is -0.180. The first-order valence-corrected chi connectivity index (χ1v) is 8.81. The Labute approximate surface area is 149 Å². The van der Waals surface area contributed by atoms with Gasteiger partial charge in [0.15, 0.2) is 0 Å². The Morgan fingerprint density at radius 1 is 1.04 bits per heavy atom. The summed E-state index contributed by atoms with van der Waals surface area (Å²) >= 11 is 0. The fraction of sp³-hybridized carbons (Fsp3) is 0.450. The first kappa shape index (κ1) is 17.7. The number of nitriles is 1. The maximum atomic E-state index is 13.0. The number of aromatic nitrogens is 1. The molecule has 1 aromatic heterocycles. The largest absolute Gasteiger partial charge is 0.340 e. The molecule has 0 bridgehead atoms. The van der Waals surface area contributed by atoms with Crippen LogP contribution in [0.3, 0.4) is 0 Å². The Kier molecular flexibility index (Phi) is 5.52. The molecule has 132 valence electrons. The Morgan fingerprint density at radius 2 is 1.68 bits per heavy atom. The summed E-state index contributed by atoms with van der Waals surface area (Å²) in [5, 5.41) is 9.18. The lowest BCUT2D eigenvalue weighted by molar-refractivity contribution is 0.247. The topological polar surface area (TPSA) is 35.2 Å². The van der Waals surface area contributed by atoms with Crippen LogP contribution >= 0.6 is 0 Å². The minimum absolute atomic E-state index is 0.180. The van der Waals surface area contributed by atoms with Crippen LogP contribution in [0.2, 0.25) is 0 Å². The van der Waals surface area contributed by atoms with Crippen molar-refractivity contribution in [1.82, 2.24) is 14.4 Å². The molecule has 1 aliphatic heterocycles. The van der Waals surface area contributed by atoms with Crippen molar-refractivity contribution >= 4 is 0 Å². The van der Waals surface area contributed by atoms with Crippen molar-refractivity contribution in [2.24, 2.45) is 7.05 Å². The highest BCUT2D eigenvalue weighted by atomic mass is 19.1. The molecule has 0 radical (unpaired) electrons. The second-order valence-corrected chi connectivity index (χ2v) is 6.84. The van der Waals surface area contributed by atoms with E-state index < -0.39 is 0 Å². The number of hydrogen-bond donors (Lipinski definition) is 0. The van der Waals surface area contributed by atoms with Gasteiger partial charge in [-0.2, -0.15) is 5.26 Å². The molecule has 4 nitrogen and oxygen atoms in total. The molecule has 3 rings (SSSR count). The van der Waals surface area contributed by atoms with E-state index in [1.807, 2.05) is 29.8 Å². The first-order valence-electron chi connectivity index (χ1n) is 8.81. The van der Waals surface area contributed by atoms with Gasteiger partial charge in [-0.1, -0.05) is 12.1 Å². The Hall–Kier alpha value is -2.16. The van der Waals surface area contributed by atoms with Crippen LogP contribution in [0, 0.1) is 24.1 Å². The standard InChI is InChI=1S/C20H25FN4/c1-16-18(12-20(13-22)23(16)2)15-25-9-3-8-24(10-11-25)14-17-4-6-19(21)7-5-17/h4-7,12H,3,8-11,14-15H2,1-2H3. The summed E-state index contributed by atoms with van der Waals surface area (Å²) in [5.74, 6) is -0.180. The van der Waals surface area contributed by atoms with Gasteiger partial charge in [0.2, 0.25) is 0 Å². The van der Waals surface area contributed by atoms with Gasteiger partial charge >= 0.3 is 0 Å². The van der Waals surface area contributed by atoms with Crippen LogP contribution in [-0.2, 0) is 20.1 Å². The van der Waals surface area contributed by atoms with Crippen molar-refractivity contribution in [3.8, 4) is 6.07 Å². The Morgan fingerprint density at radius 3 is 2.28 bits per heavy atom. The molecule has 2 aromatic rings.